The van der Waals surface area contributed by atoms with Gasteiger partial charge in [-0.25, -0.2) is 0 Å². The monoisotopic (exact) mass is 350 g/mol. The number of rotatable bonds is 4. The van der Waals surface area contributed by atoms with Crippen molar-refractivity contribution in [3.8, 4) is 6.07 Å². The van der Waals surface area contributed by atoms with E-state index in [1.165, 1.54) is 0 Å². The number of nitriles is 1. The lowest BCUT2D eigenvalue weighted by Crippen LogP contribution is -2.37. The SMILES string of the molecule is N#Cc1ccc(NCC2(C(=O)O)CCCCCC2)cc1Br. The van der Waals surface area contributed by atoms with Gasteiger partial charge in [0.25, 0.3) is 0 Å². The quantitative estimate of drug-likeness (QED) is 0.799. The number of carbonyl (C=O) groups is 1. The van der Waals surface area contributed by atoms with E-state index in [9.17, 15) is 9.90 Å². The second-order valence-electron chi connectivity index (χ2n) is 5.66. The van der Waals surface area contributed by atoms with Crippen molar-refractivity contribution < 1.29 is 9.90 Å². The predicted octanol–water partition coefficient (Wildman–Crippen LogP) is 4.16. The standard InChI is InChI=1S/C16H19BrN2O2/c17-14-9-13(6-5-12(14)10-18)19-11-16(15(20)21)7-3-1-2-4-8-16/h5-6,9,19H,1-4,7-8,11H2,(H,20,21). The summed E-state index contributed by atoms with van der Waals surface area (Å²) in [5.41, 5.74) is 0.741. The average molecular weight is 351 g/mol. The van der Waals surface area contributed by atoms with Gasteiger partial charge in [0.05, 0.1) is 11.0 Å². The summed E-state index contributed by atoms with van der Waals surface area (Å²) >= 11 is 3.35. The summed E-state index contributed by atoms with van der Waals surface area (Å²) in [6.07, 6.45) is 5.66. The van der Waals surface area contributed by atoms with Gasteiger partial charge in [0, 0.05) is 16.7 Å². The molecule has 1 aromatic carbocycles. The molecule has 4 nitrogen and oxygen atoms in total. The van der Waals surface area contributed by atoms with E-state index in [1.807, 2.05) is 12.1 Å². The fraction of sp³-hybridized carbons (Fsp3) is 0.500. The molecule has 0 unspecified atom stereocenters. The molecule has 0 heterocycles. The molecule has 0 bridgehead atoms. The zero-order valence-corrected chi connectivity index (χ0v) is 13.4. The van der Waals surface area contributed by atoms with Crippen LogP contribution in [0.4, 0.5) is 5.69 Å². The van der Waals surface area contributed by atoms with E-state index in [1.54, 1.807) is 6.07 Å². The molecular weight excluding hydrogens is 332 g/mol. The molecule has 1 fully saturated rings. The van der Waals surface area contributed by atoms with Gasteiger partial charge in [-0.1, -0.05) is 25.7 Å². The van der Waals surface area contributed by atoms with Gasteiger partial charge in [-0.05, 0) is 47.0 Å². The first-order valence-electron chi connectivity index (χ1n) is 7.24. The summed E-state index contributed by atoms with van der Waals surface area (Å²) in [5.74, 6) is -0.704. The molecule has 21 heavy (non-hydrogen) atoms. The highest BCUT2D eigenvalue weighted by Crippen LogP contribution is 2.36. The molecule has 2 N–H and O–H groups in total. The number of halogens is 1. The fourth-order valence-electron chi connectivity index (χ4n) is 2.86. The number of carboxylic acids is 1. The van der Waals surface area contributed by atoms with E-state index in [2.05, 4.69) is 27.3 Å². The zero-order valence-electron chi connectivity index (χ0n) is 11.9. The Morgan fingerprint density at radius 1 is 1.33 bits per heavy atom. The van der Waals surface area contributed by atoms with Crippen LogP contribution in [-0.4, -0.2) is 17.6 Å². The van der Waals surface area contributed by atoms with Crippen molar-refractivity contribution in [3.05, 3.63) is 28.2 Å². The highest BCUT2D eigenvalue weighted by molar-refractivity contribution is 9.10. The molecule has 1 aliphatic rings. The molecule has 0 aliphatic heterocycles. The Hall–Kier alpha value is -1.54. The van der Waals surface area contributed by atoms with Crippen molar-refractivity contribution in [2.24, 2.45) is 5.41 Å². The predicted molar refractivity (Wildman–Crippen MR) is 85.1 cm³/mol. The maximum Gasteiger partial charge on any atom is 0.311 e. The van der Waals surface area contributed by atoms with Gasteiger partial charge >= 0.3 is 5.97 Å². The van der Waals surface area contributed by atoms with Gasteiger partial charge in [-0.3, -0.25) is 4.79 Å². The van der Waals surface area contributed by atoms with Gasteiger partial charge in [0.15, 0.2) is 0 Å². The number of nitrogens with one attached hydrogen (secondary N) is 1. The topological polar surface area (TPSA) is 73.1 Å². The van der Waals surface area contributed by atoms with E-state index >= 15 is 0 Å². The molecule has 112 valence electrons. The van der Waals surface area contributed by atoms with Crippen molar-refractivity contribution in [1.29, 1.82) is 5.26 Å². The van der Waals surface area contributed by atoms with Crippen LogP contribution in [0.15, 0.2) is 22.7 Å². The molecule has 1 saturated carbocycles. The number of benzene rings is 1. The molecule has 2 rings (SSSR count). The van der Waals surface area contributed by atoms with Crippen LogP contribution in [0.2, 0.25) is 0 Å². The lowest BCUT2D eigenvalue weighted by Gasteiger charge is -2.28. The molecule has 5 heteroatoms. The minimum atomic E-state index is -0.704. The highest BCUT2D eigenvalue weighted by atomic mass is 79.9. The van der Waals surface area contributed by atoms with Gasteiger partial charge in [-0.2, -0.15) is 5.26 Å². The fourth-order valence-corrected chi connectivity index (χ4v) is 3.33. The van der Waals surface area contributed by atoms with Crippen LogP contribution in [0.3, 0.4) is 0 Å². The van der Waals surface area contributed by atoms with Crippen molar-refractivity contribution in [2.75, 3.05) is 11.9 Å². The van der Waals surface area contributed by atoms with Crippen LogP contribution < -0.4 is 5.32 Å². The number of hydrogen-bond donors (Lipinski definition) is 2. The Kier molecular flexibility index (Phi) is 5.24. The minimum absolute atomic E-state index is 0.431. The summed E-state index contributed by atoms with van der Waals surface area (Å²) in [6, 6.07) is 7.46. The third kappa shape index (κ3) is 3.76. The second-order valence-corrected chi connectivity index (χ2v) is 6.51. The van der Waals surface area contributed by atoms with Crippen molar-refractivity contribution in [1.82, 2.24) is 0 Å². The largest absolute Gasteiger partial charge is 0.481 e. The molecule has 0 amide bonds. The smallest absolute Gasteiger partial charge is 0.311 e. The van der Waals surface area contributed by atoms with Gasteiger partial charge < -0.3 is 10.4 Å². The molecular formula is C16H19BrN2O2. The van der Waals surface area contributed by atoms with E-state index < -0.39 is 11.4 Å². The van der Waals surface area contributed by atoms with Crippen LogP contribution in [0, 0.1) is 16.7 Å². The molecule has 0 atom stereocenters. The first-order valence-corrected chi connectivity index (χ1v) is 8.04. The van der Waals surface area contributed by atoms with Gasteiger partial charge in [-0.15, -0.1) is 0 Å². The molecule has 1 aromatic rings. The number of nitrogens with zero attached hydrogens (tertiary/aromatic N) is 1. The number of hydrogen-bond acceptors (Lipinski definition) is 3. The first kappa shape index (κ1) is 15.8. The summed E-state index contributed by atoms with van der Waals surface area (Å²) in [5, 5.41) is 21.8. The van der Waals surface area contributed by atoms with Crippen molar-refractivity contribution in [3.63, 3.8) is 0 Å². The average Bonchev–Trinajstić information content (AvgIpc) is 2.72. The van der Waals surface area contributed by atoms with Gasteiger partial charge in [0.2, 0.25) is 0 Å². The van der Waals surface area contributed by atoms with E-state index in [0.29, 0.717) is 12.1 Å². The normalized spacial score (nSPS) is 17.5. The number of aliphatic carboxylic acids is 1. The Bertz CT molecular complexity index is 558. The van der Waals surface area contributed by atoms with Crippen LogP contribution in [-0.2, 0) is 4.79 Å². The van der Waals surface area contributed by atoms with Gasteiger partial charge in [0.1, 0.15) is 6.07 Å². The lowest BCUT2D eigenvalue weighted by atomic mass is 9.80. The van der Waals surface area contributed by atoms with Crippen LogP contribution in [0.25, 0.3) is 0 Å². The Morgan fingerprint density at radius 2 is 2.00 bits per heavy atom. The Labute approximate surface area is 133 Å². The summed E-state index contributed by atoms with van der Waals surface area (Å²) in [7, 11) is 0. The summed E-state index contributed by atoms with van der Waals surface area (Å²) in [6.45, 7) is 0.431. The molecule has 0 saturated heterocycles. The number of anilines is 1. The second kappa shape index (κ2) is 6.95. The highest BCUT2D eigenvalue weighted by Gasteiger charge is 2.38. The maximum atomic E-state index is 11.7. The Balaban J connectivity index is 2.10. The third-order valence-corrected chi connectivity index (χ3v) is 4.89. The molecule has 0 aromatic heterocycles. The van der Waals surface area contributed by atoms with Crippen LogP contribution >= 0.6 is 15.9 Å². The van der Waals surface area contributed by atoms with Crippen LogP contribution in [0.1, 0.15) is 44.1 Å². The first-order chi connectivity index (χ1) is 10.1. The molecule has 0 radical (unpaired) electrons. The number of carboxylic acid groups (broad SMARTS) is 1. The minimum Gasteiger partial charge on any atom is -0.481 e. The van der Waals surface area contributed by atoms with Crippen LogP contribution in [0.5, 0.6) is 0 Å². The third-order valence-electron chi connectivity index (χ3n) is 4.23. The van der Waals surface area contributed by atoms with E-state index in [4.69, 9.17) is 5.26 Å². The molecule has 1 aliphatic carbocycles. The zero-order chi connectivity index (χ0) is 15.3. The van der Waals surface area contributed by atoms with E-state index in [0.717, 1.165) is 48.7 Å². The summed E-state index contributed by atoms with van der Waals surface area (Å²) in [4.78, 5) is 11.7. The summed E-state index contributed by atoms with van der Waals surface area (Å²) < 4.78 is 0.722. The maximum absolute atomic E-state index is 11.7. The lowest BCUT2D eigenvalue weighted by molar-refractivity contribution is -0.149. The van der Waals surface area contributed by atoms with Crippen molar-refractivity contribution >= 4 is 27.6 Å². The van der Waals surface area contributed by atoms with E-state index in [-0.39, 0.29) is 0 Å². The molecule has 0 spiro atoms. The Morgan fingerprint density at radius 3 is 2.52 bits per heavy atom. The van der Waals surface area contributed by atoms with Crippen molar-refractivity contribution in [2.45, 2.75) is 38.5 Å².